The van der Waals surface area contributed by atoms with Crippen molar-refractivity contribution in [2.75, 3.05) is 5.88 Å². The van der Waals surface area contributed by atoms with Gasteiger partial charge in [-0.25, -0.2) is 9.59 Å². The molecule has 3 atom stereocenters. The molecule has 9 heteroatoms. The lowest BCUT2D eigenvalue weighted by atomic mass is 9.98. The van der Waals surface area contributed by atoms with Gasteiger partial charge in [0, 0.05) is 4.75 Å². The second kappa shape index (κ2) is 12.0. The molecule has 0 aliphatic carbocycles. The number of esters is 1. The molecule has 0 bridgehead atoms. The van der Waals surface area contributed by atoms with Gasteiger partial charge in [-0.05, 0) is 52.2 Å². The molecule has 200 valence electrons. The minimum Gasteiger partial charge on any atom is -0.459 e. The molecule has 3 rings (SSSR count). The third-order valence-corrected chi connectivity index (χ3v) is 7.29. The lowest BCUT2D eigenvalue weighted by molar-refractivity contribution is -0.159. The summed E-state index contributed by atoms with van der Waals surface area (Å²) in [5.74, 6) is -0.991. The maximum absolute atomic E-state index is 13.6. The molecule has 37 heavy (non-hydrogen) atoms. The van der Waals surface area contributed by atoms with Gasteiger partial charge in [0.25, 0.3) is 5.91 Å². The molecule has 1 aliphatic rings. The number of ether oxygens (including phenoxy) is 2. The fourth-order valence-corrected chi connectivity index (χ4v) is 5.21. The number of hydrogen-bond acceptors (Lipinski definition) is 7. The Bertz CT molecular complexity index is 1070. The van der Waals surface area contributed by atoms with Crippen molar-refractivity contribution in [1.29, 1.82) is 0 Å². The summed E-state index contributed by atoms with van der Waals surface area (Å²) < 4.78 is 10.3. The molecule has 0 unspecified atom stereocenters. The fourth-order valence-electron chi connectivity index (χ4n) is 4.08. The maximum atomic E-state index is 13.6. The number of carbonyl (C=O) groups is 3. The molecule has 1 heterocycles. The van der Waals surface area contributed by atoms with Gasteiger partial charge in [-0.2, -0.15) is 0 Å². The molecule has 0 aromatic heterocycles. The lowest BCUT2D eigenvalue weighted by Crippen LogP contribution is -2.57. The van der Waals surface area contributed by atoms with Crippen LogP contribution in [0.5, 0.6) is 0 Å². The number of benzene rings is 2. The van der Waals surface area contributed by atoms with Crippen LogP contribution in [0.25, 0.3) is 0 Å². The molecule has 8 nitrogen and oxygen atoms in total. The van der Waals surface area contributed by atoms with Gasteiger partial charge in [-0.1, -0.05) is 60.7 Å². The van der Waals surface area contributed by atoms with Crippen LogP contribution >= 0.6 is 11.8 Å². The van der Waals surface area contributed by atoms with Crippen molar-refractivity contribution in [3.8, 4) is 0 Å². The van der Waals surface area contributed by atoms with E-state index in [9.17, 15) is 19.5 Å². The van der Waals surface area contributed by atoms with Gasteiger partial charge in [0.2, 0.25) is 0 Å². The van der Waals surface area contributed by atoms with E-state index in [-0.39, 0.29) is 18.9 Å². The number of aliphatic hydroxyl groups is 1. The predicted molar refractivity (Wildman–Crippen MR) is 143 cm³/mol. The smallest absolute Gasteiger partial charge is 0.407 e. The van der Waals surface area contributed by atoms with Crippen LogP contribution in [-0.4, -0.2) is 62.4 Å². The van der Waals surface area contributed by atoms with E-state index in [1.807, 2.05) is 74.5 Å². The average Bonchev–Trinajstić information content (AvgIpc) is 3.16. The summed E-state index contributed by atoms with van der Waals surface area (Å²) in [6.07, 6.45) is -2.15. The average molecular weight is 529 g/mol. The number of carbonyl (C=O) groups excluding carboxylic acids is 3. The Morgan fingerprint density at radius 3 is 2.19 bits per heavy atom. The topological polar surface area (TPSA) is 105 Å². The zero-order valence-electron chi connectivity index (χ0n) is 22.0. The molecule has 0 radical (unpaired) electrons. The first kappa shape index (κ1) is 28.5. The van der Waals surface area contributed by atoms with Crippen LogP contribution in [0.4, 0.5) is 4.79 Å². The number of rotatable bonds is 8. The van der Waals surface area contributed by atoms with Gasteiger partial charge >= 0.3 is 12.1 Å². The molecule has 2 amide bonds. The van der Waals surface area contributed by atoms with Gasteiger partial charge in [0.1, 0.15) is 18.2 Å². The summed E-state index contributed by atoms with van der Waals surface area (Å²) in [6, 6.07) is 16.7. The van der Waals surface area contributed by atoms with E-state index in [1.54, 1.807) is 20.8 Å². The van der Waals surface area contributed by atoms with Crippen LogP contribution in [0, 0.1) is 0 Å². The van der Waals surface area contributed by atoms with Crippen molar-refractivity contribution in [3.05, 3.63) is 71.8 Å². The SMILES string of the molecule is CC(C)(C)OC(=O)N[C@@H](Cc1ccccc1)[C@H](O)C(=O)N1CSC(C)(C)[C@H]1C(=O)OCc1ccccc1. The molecule has 1 fully saturated rings. The second-order valence-electron chi connectivity index (χ2n) is 10.6. The van der Waals surface area contributed by atoms with E-state index in [4.69, 9.17) is 9.47 Å². The van der Waals surface area contributed by atoms with E-state index in [0.29, 0.717) is 0 Å². The summed E-state index contributed by atoms with van der Waals surface area (Å²) in [5, 5.41) is 13.9. The minimum absolute atomic E-state index is 0.0817. The highest BCUT2D eigenvalue weighted by Gasteiger charge is 2.50. The lowest BCUT2D eigenvalue weighted by Gasteiger charge is -2.33. The van der Waals surface area contributed by atoms with Crippen molar-refractivity contribution in [2.45, 2.75) is 76.2 Å². The Morgan fingerprint density at radius 2 is 1.62 bits per heavy atom. The number of alkyl carbamates (subject to hydrolysis) is 1. The number of hydrogen-bond donors (Lipinski definition) is 2. The first-order valence-electron chi connectivity index (χ1n) is 12.2. The highest BCUT2D eigenvalue weighted by Crippen LogP contribution is 2.40. The number of nitrogens with zero attached hydrogens (tertiary/aromatic N) is 1. The molecule has 2 aromatic rings. The molecule has 0 spiro atoms. The number of thioether (sulfide) groups is 1. The first-order chi connectivity index (χ1) is 17.4. The predicted octanol–water partition coefficient (Wildman–Crippen LogP) is 3.91. The van der Waals surface area contributed by atoms with Crippen molar-refractivity contribution in [1.82, 2.24) is 10.2 Å². The highest BCUT2D eigenvalue weighted by atomic mass is 32.2. The van der Waals surface area contributed by atoms with E-state index in [2.05, 4.69) is 5.32 Å². The summed E-state index contributed by atoms with van der Waals surface area (Å²) in [6.45, 7) is 9.01. The molecule has 0 saturated carbocycles. The van der Waals surface area contributed by atoms with E-state index >= 15 is 0 Å². The van der Waals surface area contributed by atoms with Crippen LogP contribution in [0.2, 0.25) is 0 Å². The van der Waals surface area contributed by atoms with Gasteiger partial charge < -0.3 is 24.8 Å². The van der Waals surface area contributed by atoms with E-state index < -0.39 is 46.5 Å². The van der Waals surface area contributed by atoms with E-state index in [1.165, 1.54) is 16.7 Å². The third-order valence-electron chi connectivity index (χ3n) is 5.91. The summed E-state index contributed by atoms with van der Waals surface area (Å²) in [4.78, 5) is 40.6. The zero-order valence-corrected chi connectivity index (χ0v) is 22.8. The summed E-state index contributed by atoms with van der Waals surface area (Å²) >= 11 is 1.43. The van der Waals surface area contributed by atoms with Gasteiger partial charge in [-0.3, -0.25) is 4.79 Å². The van der Waals surface area contributed by atoms with Gasteiger partial charge in [-0.15, -0.1) is 11.8 Å². The quantitative estimate of drug-likeness (QED) is 0.501. The number of aliphatic hydroxyl groups excluding tert-OH is 1. The van der Waals surface area contributed by atoms with Crippen molar-refractivity contribution in [3.63, 3.8) is 0 Å². The van der Waals surface area contributed by atoms with Crippen LogP contribution in [0.1, 0.15) is 45.7 Å². The Labute approximate surface area is 222 Å². The molecular weight excluding hydrogens is 492 g/mol. The minimum atomic E-state index is -1.60. The van der Waals surface area contributed by atoms with Crippen LogP contribution in [0.15, 0.2) is 60.7 Å². The summed E-state index contributed by atoms with van der Waals surface area (Å²) in [5.41, 5.74) is 0.909. The monoisotopic (exact) mass is 528 g/mol. The Balaban J connectivity index is 1.78. The van der Waals surface area contributed by atoms with Crippen molar-refractivity contribution in [2.24, 2.45) is 0 Å². The number of nitrogens with one attached hydrogen (secondary N) is 1. The first-order valence-corrected chi connectivity index (χ1v) is 13.2. The maximum Gasteiger partial charge on any atom is 0.407 e. The van der Waals surface area contributed by atoms with Crippen LogP contribution in [-0.2, 0) is 32.1 Å². The van der Waals surface area contributed by atoms with Crippen molar-refractivity contribution < 1.29 is 29.0 Å². The van der Waals surface area contributed by atoms with Crippen LogP contribution < -0.4 is 5.32 Å². The Hall–Kier alpha value is -3.04. The van der Waals surface area contributed by atoms with E-state index in [0.717, 1.165) is 11.1 Å². The Morgan fingerprint density at radius 1 is 1.05 bits per heavy atom. The zero-order chi connectivity index (χ0) is 27.2. The highest BCUT2D eigenvalue weighted by molar-refractivity contribution is 8.00. The number of amides is 2. The standard InChI is InChI=1S/C28H36N2O6S/c1-27(2,3)36-26(34)29-21(16-19-12-8-6-9-13-19)22(31)24(32)30-18-37-28(4,5)23(30)25(33)35-17-20-14-10-7-11-15-20/h6-15,21-23,31H,16-18H2,1-5H3,(H,29,34)/t21-,22-,23+/m0/s1. The second-order valence-corrected chi connectivity index (χ2v) is 12.2. The molecule has 1 saturated heterocycles. The van der Waals surface area contributed by atoms with Gasteiger partial charge in [0.05, 0.1) is 11.9 Å². The third kappa shape index (κ3) is 7.97. The molecule has 2 aromatic carbocycles. The molecular formula is C28H36N2O6S. The van der Waals surface area contributed by atoms with Gasteiger partial charge in [0.15, 0.2) is 6.10 Å². The largest absolute Gasteiger partial charge is 0.459 e. The summed E-state index contributed by atoms with van der Waals surface area (Å²) in [7, 11) is 0. The normalized spacial score (nSPS) is 18.5. The fraction of sp³-hybridized carbons (Fsp3) is 0.464. The Kier molecular flexibility index (Phi) is 9.26. The van der Waals surface area contributed by atoms with Crippen molar-refractivity contribution >= 4 is 29.7 Å². The molecule has 1 aliphatic heterocycles. The molecule has 2 N–H and O–H groups in total. The van der Waals surface area contributed by atoms with Crippen LogP contribution in [0.3, 0.4) is 0 Å².